The first-order valence-electron chi connectivity index (χ1n) is 9.76. The Morgan fingerprint density at radius 2 is 1.92 bits per heavy atom. The third kappa shape index (κ3) is 4.64. The summed E-state index contributed by atoms with van der Waals surface area (Å²) in [4.78, 5) is 2.75. The lowest BCUT2D eigenvalue weighted by atomic mass is 9.81. The van der Waals surface area contributed by atoms with E-state index in [1.54, 1.807) is 0 Å². The zero-order valence-electron chi connectivity index (χ0n) is 15.5. The van der Waals surface area contributed by atoms with E-state index in [4.69, 9.17) is 17.0 Å². The second-order valence-corrected chi connectivity index (χ2v) is 7.58. The molecular formula is C20H31N3OS. The number of rotatable bonds is 6. The van der Waals surface area contributed by atoms with Crippen LogP contribution >= 0.6 is 12.2 Å². The van der Waals surface area contributed by atoms with E-state index in [-0.39, 0.29) is 0 Å². The summed E-state index contributed by atoms with van der Waals surface area (Å²) in [5, 5.41) is 7.60. The van der Waals surface area contributed by atoms with Gasteiger partial charge in [-0.25, -0.2) is 0 Å². The van der Waals surface area contributed by atoms with Gasteiger partial charge in [0.1, 0.15) is 5.75 Å². The van der Waals surface area contributed by atoms with Crippen LogP contribution in [0.2, 0.25) is 0 Å². The van der Waals surface area contributed by atoms with Crippen LogP contribution in [-0.4, -0.2) is 41.3 Å². The zero-order valence-corrected chi connectivity index (χ0v) is 16.3. The van der Waals surface area contributed by atoms with Crippen molar-refractivity contribution in [3.8, 4) is 5.75 Å². The van der Waals surface area contributed by atoms with E-state index in [1.165, 1.54) is 45.1 Å². The highest BCUT2D eigenvalue weighted by molar-refractivity contribution is 7.80. The van der Waals surface area contributed by atoms with Gasteiger partial charge in [0.25, 0.3) is 0 Å². The Balaban J connectivity index is 1.57. The summed E-state index contributed by atoms with van der Waals surface area (Å²) < 4.78 is 5.67. The largest absolute Gasteiger partial charge is 0.492 e. The Labute approximate surface area is 157 Å². The number of hydrogen-bond acceptors (Lipinski definition) is 3. The maximum Gasteiger partial charge on any atom is 0.171 e. The summed E-state index contributed by atoms with van der Waals surface area (Å²) in [6.45, 7) is 6.18. The number of nitrogens with one attached hydrogen (secondary N) is 2. The second kappa shape index (κ2) is 8.86. The maximum absolute atomic E-state index is 5.67. The fraction of sp³-hybridized carbons (Fsp3) is 0.650. The first-order chi connectivity index (χ1) is 12.2. The van der Waals surface area contributed by atoms with E-state index in [0.29, 0.717) is 17.8 Å². The van der Waals surface area contributed by atoms with Gasteiger partial charge in [-0.2, -0.15) is 0 Å². The van der Waals surface area contributed by atoms with E-state index in [2.05, 4.69) is 22.5 Å². The molecule has 2 aliphatic heterocycles. The van der Waals surface area contributed by atoms with E-state index in [1.807, 2.05) is 31.2 Å². The van der Waals surface area contributed by atoms with Gasteiger partial charge in [-0.1, -0.05) is 25.5 Å². The lowest BCUT2D eigenvalue weighted by molar-refractivity contribution is 0.0284. The number of ether oxygens (including phenoxy) is 1. The van der Waals surface area contributed by atoms with Crippen molar-refractivity contribution in [3.05, 3.63) is 24.3 Å². The second-order valence-electron chi connectivity index (χ2n) is 7.17. The Hall–Kier alpha value is -1.33. The number of hydrogen-bond donors (Lipinski definition) is 2. The van der Waals surface area contributed by atoms with Gasteiger partial charge in [-0.05, 0) is 69.9 Å². The van der Waals surface area contributed by atoms with Gasteiger partial charge in [0.05, 0.1) is 12.3 Å². The van der Waals surface area contributed by atoms with Gasteiger partial charge in [-0.3, -0.25) is 4.90 Å². The van der Waals surface area contributed by atoms with Crippen molar-refractivity contribution in [2.45, 2.75) is 70.5 Å². The quantitative estimate of drug-likeness (QED) is 0.744. The van der Waals surface area contributed by atoms with Crippen LogP contribution in [0, 0.1) is 0 Å². The molecule has 1 aromatic carbocycles. The average Bonchev–Trinajstić information content (AvgIpc) is 2.58. The maximum atomic E-state index is 5.67. The van der Waals surface area contributed by atoms with Crippen molar-refractivity contribution >= 4 is 23.0 Å². The molecule has 138 valence electrons. The van der Waals surface area contributed by atoms with Crippen LogP contribution in [0.1, 0.15) is 52.4 Å². The van der Waals surface area contributed by atoms with Crippen LogP contribution in [0.15, 0.2) is 24.3 Å². The van der Waals surface area contributed by atoms with Crippen LogP contribution in [-0.2, 0) is 0 Å². The van der Waals surface area contributed by atoms with Crippen molar-refractivity contribution < 1.29 is 4.74 Å². The number of piperidine rings is 2. The summed E-state index contributed by atoms with van der Waals surface area (Å²) in [6.07, 6.45) is 7.70. The van der Waals surface area contributed by atoms with Crippen LogP contribution in [0.25, 0.3) is 0 Å². The lowest BCUT2D eigenvalue weighted by Crippen LogP contribution is -2.57. The third-order valence-corrected chi connectivity index (χ3v) is 5.60. The van der Waals surface area contributed by atoms with Gasteiger partial charge in [-0.15, -0.1) is 0 Å². The topological polar surface area (TPSA) is 36.5 Å². The molecule has 2 aliphatic rings. The highest BCUT2D eigenvalue weighted by Gasteiger charge is 2.37. The highest BCUT2D eigenvalue weighted by atomic mass is 32.1. The van der Waals surface area contributed by atoms with Gasteiger partial charge in [0.2, 0.25) is 0 Å². The molecule has 0 radical (unpaired) electrons. The Morgan fingerprint density at radius 1 is 1.20 bits per heavy atom. The van der Waals surface area contributed by atoms with Gasteiger partial charge in [0.15, 0.2) is 5.11 Å². The summed E-state index contributed by atoms with van der Waals surface area (Å²) >= 11 is 5.58. The molecule has 2 heterocycles. The molecule has 2 fully saturated rings. The van der Waals surface area contributed by atoms with Crippen molar-refractivity contribution in [3.63, 3.8) is 0 Å². The molecule has 5 heteroatoms. The number of benzene rings is 1. The molecule has 0 saturated carbocycles. The van der Waals surface area contributed by atoms with Gasteiger partial charge >= 0.3 is 0 Å². The first kappa shape index (κ1) is 18.5. The summed E-state index contributed by atoms with van der Waals surface area (Å²) in [5.74, 6) is 0.851. The molecular weight excluding hydrogens is 330 g/mol. The Bertz CT molecular complexity index is 566. The monoisotopic (exact) mass is 361 g/mol. The van der Waals surface area contributed by atoms with Crippen molar-refractivity contribution in [1.82, 2.24) is 10.2 Å². The summed E-state index contributed by atoms with van der Waals surface area (Å²) in [5.41, 5.74) is 0.936. The molecule has 25 heavy (non-hydrogen) atoms. The Kier molecular flexibility index (Phi) is 6.54. The minimum atomic E-state index is 0.475. The number of para-hydroxylation sites is 2. The highest BCUT2D eigenvalue weighted by Crippen LogP contribution is 2.34. The van der Waals surface area contributed by atoms with E-state index < -0.39 is 0 Å². The summed E-state index contributed by atoms with van der Waals surface area (Å²) in [7, 11) is 0. The van der Waals surface area contributed by atoms with E-state index in [0.717, 1.165) is 23.5 Å². The Morgan fingerprint density at radius 3 is 2.60 bits per heavy atom. The summed E-state index contributed by atoms with van der Waals surface area (Å²) in [6, 6.07) is 9.90. The van der Waals surface area contributed by atoms with Crippen molar-refractivity contribution in [2.24, 2.45) is 0 Å². The average molecular weight is 362 g/mol. The minimum Gasteiger partial charge on any atom is -0.492 e. The normalized spacial score (nSPS) is 26.1. The third-order valence-electron chi connectivity index (χ3n) is 5.38. The molecule has 2 bridgehead atoms. The lowest BCUT2D eigenvalue weighted by Gasteiger charge is -2.49. The predicted molar refractivity (Wildman–Crippen MR) is 108 cm³/mol. The minimum absolute atomic E-state index is 0.475. The molecule has 4 nitrogen and oxygen atoms in total. The molecule has 2 N–H and O–H groups in total. The standard InChI is InChI=1S/C20H31N3OS/c1-3-12-23-16-8-7-9-17(23)14-15(13-16)21-20(25)22-18-10-5-6-11-19(18)24-4-2/h5-6,10-11,15-17H,3-4,7-9,12-14H2,1-2H3,(H2,21,22,25)/t15?,16-,17+. The SMILES string of the molecule is CCCN1[C@@H]2CCC[C@H]1CC(NC(=S)Nc1ccccc1OCC)C2. The molecule has 3 atom stereocenters. The number of fused-ring (bicyclic) bond motifs is 2. The molecule has 2 saturated heterocycles. The molecule has 0 amide bonds. The molecule has 1 aromatic rings. The van der Waals surface area contributed by atoms with Gasteiger partial charge < -0.3 is 15.4 Å². The van der Waals surface area contributed by atoms with Crippen molar-refractivity contribution in [2.75, 3.05) is 18.5 Å². The molecule has 0 aromatic heterocycles. The fourth-order valence-corrected chi connectivity index (χ4v) is 4.69. The smallest absolute Gasteiger partial charge is 0.171 e. The predicted octanol–water partition coefficient (Wildman–Crippen LogP) is 4.17. The van der Waals surface area contributed by atoms with Crippen LogP contribution in [0.5, 0.6) is 5.75 Å². The molecule has 0 aliphatic carbocycles. The zero-order chi connectivity index (χ0) is 17.6. The van der Waals surface area contributed by atoms with Gasteiger partial charge in [0, 0.05) is 18.1 Å². The first-order valence-corrected chi connectivity index (χ1v) is 10.2. The molecule has 3 rings (SSSR count). The van der Waals surface area contributed by atoms with Crippen molar-refractivity contribution in [1.29, 1.82) is 0 Å². The van der Waals surface area contributed by atoms with Crippen LogP contribution in [0.4, 0.5) is 5.69 Å². The molecule has 0 spiro atoms. The number of anilines is 1. The van der Waals surface area contributed by atoms with E-state index in [9.17, 15) is 0 Å². The number of thiocarbonyl (C=S) groups is 1. The number of nitrogens with zero attached hydrogens (tertiary/aromatic N) is 1. The molecule has 1 unspecified atom stereocenters. The fourth-order valence-electron chi connectivity index (χ4n) is 4.41. The van der Waals surface area contributed by atoms with E-state index >= 15 is 0 Å². The van der Waals surface area contributed by atoms with Crippen LogP contribution in [0.3, 0.4) is 0 Å². The van der Waals surface area contributed by atoms with Crippen LogP contribution < -0.4 is 15.4 Å².